The van der Waals surface area contributed by atoms with Gasteiger partial charge >= 0.3 is 0 Å². The minimum Gasteiger partial charge on any atom is -0.339 e. The summed E-state index contributed by atoms with van der Waals surface area (Å²) in [5.74, 6) is -0.0628. The van der Waals surface area contributed by atoms with Crippen molar-refractivity contribution in [3.8, 4) is 0 Å². The molecule has 1 aliphatic heterocycles. The molecule has 0 aliphatic carbocycles. The lowest BCUT2D eigenvalue weighted by molar-refractivity contribution is -0.132. The molecule has 7 heteroatoms. The first kappa shape index (κ1) is 16.9. The van der Waals surface area contributed by atoms with Crippen molar-refractivity contribution in [3.05, 3.63) is 21.9 Å². The van der Waals surface area contributed by atoms with Crippen molar-refractivity contribution >= 4 is 35.6 Å². The molecule has 0 aromatic carbocycles. The average Bonchev–Trinajstić information content (AvgIpc) is 2.85. The van der Waals surface area contributed by atoms with Crippen molar-refractivity contribution in [2.24, 2.45) is 0 Å². The second-order valence-corrected chi connectivity index (χ2v) is 5.99. The number of amides is 2. The zero-order chi connectivity index (χ0) is 13.8. The van der Waals surface area contributed by atoms with Crippen LogP contribution in [0.4, 0.5) is 0 Å². The van der Waals surface area contributed by atoms with Crippen LogP contribution < -0.4 is 5.32 Å². The lowest BCUT2D eigenvalue weighted by atomic mass is 10.3. The van der Waals surface area contributed by atoms with Gasteiger partial charge < -0.3 is 15.1 Å². The number of hydrogen-bond donors (Lipinski definition) is 1. The third kappa shape index (κ3) is 4.19. The van der Waals surface area contributed by atoms with Gasteiger partial charge in [0.05, 0.1) is 11.4 Å². The van der Waals surface area contributed by atoms with Crippen LogP contribution in [0.15, 0.2) is 12.1 Å². The molecule has 2 rings (SSSR count). The molecule has 20 heavy (non-hydrogen) atoms. The van der Waals surface area contributed by atoms with Crippen molar-refractivity contribution in [2.45, 2.75) is 6.92 Å². The highest BCUT2D eigenvalue weighted by molar-refractivity contribution is 7.13. The van der Waals surface area contributed by atoms with E-state index in [1.807, 2.05) is 19.1 Å². The summed E-state index contributed by atoms with van der Waals surface area (Å²) in [6, 6.07) is 3.73. The van der Waals surface area contributed by atoms with E-state index in [0.717, 1.165) is 31.1 Å². The van der Waals surface area contributed by atoms with Gasteiger partial charge in [-0.2, -0.15) is 0 Å². The fourth-order valence-corrected chi connectivity index (χ4v) is 2.89. The first-order valence-electron chi connectivity index (χ1n) is 6.38. The molecule has 2 amide bonds. The van der Waals surface area contributed by atoms with E-state index in [2.05, 4.69) is 5.32 Å². The van der Waals surface area contributed by atoms with Gasteiger partial charge in [0.15, 0.2) is 0 Å². The molecular weight excluding hydrogens is 298 g/mol. The number of rotatable bonds is 3. The van der Waals surface area contributed by atoms with E-state index in [1.165, 1.54) is 16.2 Å². The maximum Gasteiger partial charge on any atom is 0.264 e. The van der Waals surface area contributed by atoms with Gasteiger partial charge in [0.2, 0.25) is 5.91 Å². The van der Waals surface area contributed by atoms with Crippen LogP contribution in [0.3, 0.4) is 0 Å². The molecule has 0 spiro atoms. The normalized spacial score (nSPS) is 14.6. The van der Waals surface area contributed by atoms with Gasteiger partial charge in [0.25, 0.3) is 5.91 Å². The van der Waals surface area contributed by atoms with E-state index in [-0.39, 0.29) is 30.8 Å². The lowest BCUT2D eigenvalue weighted by Gasteiger charge is -2.29. The fourth-order valence-electron chi connectivity index (χ4n) is 2.03. The summed E-state index contributed by atoms with van der Waals surface area (Å²) in [7, 11) is 1.68. The van der Waals surface area contributed by atoms with E-state index < -0.39 is 0 Å². The zero-order valence-corrected chi connectivity index (χ0v) is 13.4. The molecule has 2 heterocycles. The van der Waals surface area contributed by atoms with Crippen molar-refractivity contribution < 1.29 is 9.59 Å². The molecule has 1 aromatic heterocycles. The van der Waals surface area contributed by atoms with Gasteiger partial charge in [0, 0.05) is 38.1 Å². The van der Waals surface area contributed by atoms with Crippen LogP contribution >= 0.6 is 23.7 Å². The second kappa shape index (κ2) is 7.61. The van der Waals surface area contributed by atoms with E-state index in [9.17, 15) is 9.59 Å². The molecule has 1 fully saturated rings. The molecule has 1 aliphatic rings. The lowest BCUT2D eigenvalue weighted by Crippen LogP contribution is -2.49. The molecule has 1 saturated heterocycles. The van der Waals surface area contributed by atoms with Crippen molar-refractivity contribution in [2.75, 3.05) is 39.8 Å². The van der Waals surface area contributed by atoms with E-state index >= 15 is 0 Å². The third-order valence-electron chi connectivity index (χ3n) is 3.14. The van der Waals surface area contributed by atoms with Gasteiger partial charge in [-0.25, -0.2) is 0 Å². The second-order valence-electron chi connectivity index (χ2n) is 4.70. The van der Waals surface area contributed by atoms with E-state index in [0.29, 0.717) is 4.88 Å². The van der Waals surface area contributed by atoms with Crippen LogP contribution in [-0.2, 0) is 4.79 Å². The number of nitrogens with one attached hydrogen (secondary N) is 1. The van der Waals surface area contributed by atoms with Crippen LogP contribution in [0.5, 0.6) is 0 Å². The summed E-state index contributed by atoms with van der Waals surface area (Å²) in [6.45, 7) is 5.21. The monoisotopic (exact) mass is 317 g/mol. The zero-order valence-electron chi connectivity index (χ0n) is 11.7. The Morgan fingerprint density at radius 2 is 2.00 bits per heavy atom. The predicted molar refractivity (Wildman–Crippen MR) is 82.7 cm³/mol. The number of thiophene rings is 1. The van der Waals surface area contributed by atoms with Crippen molar-refractivity contribution in [1.82, 2.24) is 15.1 Å². The average molecular weight is 318 g/mol. The van der Waals surface area contributed by atoms with Crippen LogP contribution in [-0.4, -0.2) is 61.4 Å². The Balaban J connectivity index is 0.00000200. The summed E-state index contributed by atoms with van der Waals surface area (Å²) >= 11 is 1.46. The third-order valence-corrected chi connectivity index (χ3v) is 4.13. The summed E-state index contributed by atoms with van der Waals surface area (Å²) in [6.07, 6.45) is 0. The number of carbonyl (C=O) groups is 2. The van der Waals surface area contributed by atoms with E-state index in [4.69, 9.17) is 0 Å². The number of hydrogen-bond acceptors (Lipinski definition) is 4. The Bertz CT molecular complexity index is 472. The highest BCUT2D eigenvalue weighted by Gasteiger charge is 2.21. The number of piperazine rings is 1. The molecule has 0 atom stereocenters. The first-order valence-corrected chi connectivity index (χ1v) is 7.20. The SMILES string of the molecule is Cc1ccc(C(=O)N(C)CC(=O)N2CCNCC2)s1.Cl. The van der Waals surface area contributed by atoms with Crippen molar-refractivity contribution in [3.63, 3.8) is 0 Å². The molecule has 1 N–H and O–H groups in total. The minimum atomic E-state index is -0.0819. The summed E-state index contributed by atoms with van der Waals surface area (Å²) in [5.41, 5.74) is 0. The molecule has 0 radical (unpaired) electrons. The maximum absolute atomic E-state index is 12.1. The smallest absolute Gasteiger partial charge is 0.264 e. The van der Waals surface area contributed by atoms with Gasteiger partial charge in [-0.15, -0.1) is 23.7 Å². The van der Waals surface area contributed by atoms with Crippen LogP contribution in [0.2, 0.25) is 0 Å². The highest BCUT2D eigenvalue weighted by Crippen LogP contribution is 2.16. The Kier molecular flexibility index (Phi) is 6.45. The largest absolute Gasteiger partial charge is 0.339 e. The van der Waals surface area contributed by atoms with E-state index in [1.54, 1.807) is 11.9 Å². The van der Waals surface area contributed by atoms with Crippen molar-refractivity contribution in [1.29, 1.82) is 0 Å². The summed E-state index contributed by atoms with van der Waals surface area (Å²) < 4.78 is 0. The highest BCUT2D eigenvalue weighted by atomic mass is 35.5. The standard InChI is InChI=1S/C13H19N3O2S.ClH/c1-10-3-4-11(19-10)13(18)15(2)9-12(17)16-7-5-14-6-8-16;/h3-4,14H,5-9H2,1-2H3;1H. The topological polar surface area (TPSA) is 52.7 Å². The molecule has 112 valence electrons. The van der Waals surface area contributed by atoms with Crippen LogP contribution in [0, 0.1) is 6.92 Å². The molecule has 0 bridgehead atoms. The van der Waals surface area contributed by atoms with Gasteiger partial charge in [-0.3, -0.25) is 9.59 Å². The number of halogens is 1. The Labute approximate surface area is 129 Å². The predicted octanol–water partition coefficient (Wildman–Crippen LogP) is 0.982. The Morgan fingerprint density at radius 3 is 2.55 bits per heavy atom. The molecule has 0 unspecified atom stereocenters. The van der Waals surface area contributed by atoms with Gasteiger partial charge in [-0.05, 0) is 19.1 Å². The number of nitrogens with zero attached hydrogens (tertiary/aromatic N) is 2. The fraction of sp³-hybridized carbons (Fsp3) is 0.538. The summed E-state index contributed by atoms with van der Waals surface area (Å²) in [5, 5.41) is 3.20. The molecule has 0 saturated carbocycles. The Hall–Kier alpha value is -1.11. The summed E-state index contributed by atoms with van der Waals surface area (Å²) in [4.78, 5) is 29.3. The van der Waals surface area contributed by atoms with Gasteiger partial charge in [-0.1, -0.05) is 0 Å². The number of aryl methyl sites for hydroxylation is 1. The number of carbonyl (C=O) groups excluding carboxylic acids is 2. The molecule has 1 aromatic rings. The Morgan fingerprint density at radius 1 is 1.35 bits per heavy atom. The van der Waals surface area contributed by atoms with Gasteiger partial charge in [0.1, 0.15) is 0 Å². The minimum absolute atomic E-state index is 0. The number of likely N-dealkylation sites (N-methyl/N-ethyl adjacent to an activating group) is 1. The maximum atomic E-state index is 12.1. The quantitative estimate of drug-likeness (QED) is 0.904. The molecular formula is C13H20ClN3O2S. The van der Waals surface area contributed by atoms with Crippen LogP contribution in [0.1, 0.15) is 14.5 Å². The molecule has 5 nitrogen and oxygen atoms in total. The van der Waals surface area contributed by atoms with Crippen LogP contribution in [0.25, 0.3) is 0 Å². The first-order chi connectivity index (χ1) is 9.08.